The van der Waals surface area contributed by atoms with Crippen LogP contribution in [0.5, 0.6) is 0 Å². The third kappa shape index (κ3) is 1.60. The lowest BCUT2D eigenvalue weighted by Crippen LogP contribution is -2.20. The summed E-state index contributed by atoms with van der Waals surface area (Å²) < 4.78 is 1.79. The molecule has 11 heavy (non-hydrogen) atoms. The first-order valence-electron chi connectivity index (χ1n) is 3.80. The maximum absolute atomic E-state index is 9.63. The quantitative estimate of drug-likeness (QED) is 0.693. The summed E-state index contributed by atoms with van der Waals surface area (Å²) in [5.74, 6) is 0. The highest BCUT2D eigenvalue weighted by molar-refractivity contribution is 5.08. The Hall–Kier alpha value is -0.830. The van der Waals surface area contributed by atoms with Crippen LogP contribution in [0.25, 0.3) is 0 Å². The van der Waals surface area contributed by atoms with Crippen molar-refractivity contribution in [2.24, 2.45) is 0 Å². The van der Waals surface area contributed by atoms with Gasteiger partial charge < -0.3 is 5.11 Å². The van der Waals surface area contributed by atoms with Gasteiger partial charge in [0.15, 0.2) is 0 Å². The van der Waals surface area contributed by atoms with E-state index in [1.54, 1.807) is 24.7 Å². The number of rotatable bonds is 2. The Labute approximate surface area is 66.7 Å². The van der Waals surface area contributed by atoms with Crippen LogP contribution in [0.1, 0.15) is 26.5 Å². The number of hydrogen-bond acceptors (Lipinski definition) is 2. The standard InChI is InChI=1S/C8H14N2O/c1-4-10-7(5-6-9-10)8(2,3)11/h5-6,11H,4H2,1-3H3. The van der Waals surface area contributed by atoms with Gasteiger partial charge >= 0.3 is 0 Å². The molecule has 3 heteroatoms. The highest BCUT2D eigenvalue weighted by Crippen LogP contribution is 2.18. The third-order valence-electron chi connectivity index (χ3n) is 1.64. The van der Waals surface area contributed by atoms with E-state index in [0.717, 1.165) is 12.2 Å². The zero-order valence-electron chi connectivity index (χ0n) is 7.20. The second kappa shape index (κ2) is 2.66. The molecule has 0 bridgehead atoms. The first-order valence-corrected chi connectivity index (χ1v) is 3.80. The normalized spacial score (nSPS) is 12.0. The highest BCUT2D eigenvalue weighted by Gasteiger charge is 2.19. The summed E-state index contributed by atoms with van der Waals surface area (Å²) in [6, 6.07) is 1.84. The maximum Gasteiger partial charge on any atom is 0.101 e. The van der Waals surface area contributed by atoms with Crippen molar-refractivity contribution in [2.45, 2.75) is 32.9 Å². The number of aromatic nitrogens is 2. The molecule has 0 aromatic carbocycles. The number of aliphatic hydroxyl groups is 1. The van der Waals surface area contributed by atoms with Crippen LogP contribution in [-0.2, 0) is 12.1 Å². The summed E-state index contributed by atoms with van der Waals surface area (Å²) in [7, 11) is 0. The topological polar surface area (TPSA) is 38.0 Å². The Morgan fingerprint density at radius 1 is 1.64 bits per heavy atom. The van der Waals surface area contributed by atoms with Crippen LogP contribution in [-0.4, -0.2) is 14.9 Å². The smallest absolute Gasteiger partial charge is 0.101 e. The van der Waals surface area contributed by atoms with Gasteiger partial charge in [-0.1, -0.05) is 0 Å². The molecular formula is C8H14N2O. The maximum atomic E-state index is 9.63. The molecule has 0 spiro atoms. The first-order chi connectivity index (χ1) is 5.05. The predicted octanol–water partition coefficient (Wildman–Crippen LogP) is 1.13. The second-order valence-electron chi connectivity index (χ2n) is 3.09. The SMILES string of the molecule is CCn1nccc1C(C)(C)O. The molecule has 0 saturated heterocycles. The zero-order valence-corrected chi connectivity index (χ0v) is 7.20. The van der Waals surface area contributed by atoms with E-state index in [1.807, 2.05) is 13.0 Å². The van der Waals surface area contributed by atoms with Crippen molar-refractivity contribution in [1.82, 2.24) is 9.78 Å². The Morgan fingerprint density at radius 2 is 2.27 bits per heavy atom. The predicted molar refractivity (Wildman–Crippen MR) is 43.1 cm³/mol. The molecule has 1 heterocycles. The van der Waals surface area contributed by atoms with Gasteiger partial charge in [0.05, 0.1) is 5.69 Å². The summed E-state index contributed by atoms with van der Waals surface area (Å²) in [5.41, 5.74) is 0.0759. The number of hydrogen-bond donors (Lipinski definition) is 1. The van der Waals surface area contributed by atoms with Crippen molar-refractivity contribution in [3.63, 3.8) is 0 Å². The molecule has 0 unspecified atom stereocenters. The van der Waals surface area contributed by atoms with E-state index in [-0.39, 0.29) is 0 Å². The summed E-state index contributed by atoms with van der Waals surface area (Å²) >= 11 is 0. The summed E-state index contributed by atoms with van der Waals surface area (Å²) in [5, 5.41) is 13.7. The fourth-order valence-corrected chi connectivity index (χ4v) is 1.10. The van der Waals surface area contributed by atoms with Crippen LogP contribution in [0.4, 0.5) is 0 Å². The minimum absolute atomic E-state index is 0.785. The number of aryl methyl sites for hydroxylation is 1. The van der Waals surface area contributed by atoms with Crippen molar-refractivity contribution in [2.75, 3.05) is 0 Å². The van der Waals surface area contributed by atoms with Crippen molar-refractivity contribution in [3.8, 4) is 0 Å². The van der Waals surface area contributed by atoms with Crippen LogP contribution < -0.4 is 0 Å². The largest absolute Gasteiger partial charge is 0.384 e. The van der Waals surface area contributed by atoms with Gasteiger partial charge in [-0.05, 0) is 26.8 Å². The molecule has 1 rings (SSSR count). The minimum Gasteiger partial charge on any atom is -0.384 e. The molecule has 0 aliphatic rings. The van der Waals surface area contributed by atoms with Crippen molar-refractivity contribution in [3.05, 3.63) is 18.0 Å². The summed E-state index contributed by atoms with van der Waals surface area (Å²) in [6.45, 7) is 6.32. The van der Waals surface area contributed by atoms with Gasteiger partial charge in [-0.3, -0.25) is 4.68 Å². The lowest BCUT2D eigenvalue weighted by atomic mass is 10.1. The van der Waals surface area contributed by atoms with E-state index < -0.39 is 5.60 Å². The molecule has 0 aliphatic heterocycles. The van der Waals surface area contributed by atoms with Crippen molar-refractivity contribution >= 4 is 0 Å². The van der Waals surface area contributed by atoms with Crippen LogP contribution in [0.15, 0.2) is 12.3 Å². The monoisotopic (exact) mass is 154 g/mol. The van der Waals surface area contributed by atoms with Gasteiger partial charge in [0, 0.05) is 12.7 Å². The number of nitrogens with zero attached hydrogens (tertiary/aromatic N) is 2. The lowest BCUT2D eigenvalue weighted by molar-refractivity contribution is 0.0685. The van der Waals surface area contributed by atoms with Gasteiger partial charge in [0.1, 0.15) is 5.60 Å². The van der Waals surface area contributed by atoms with Gasteiger partial charge in [-0.2, -0.15) is 5.10 Å². The molecule has 1 N–H and O–H groups in total. The van der Waals surface area contributed by atoms with E-state index in [1.165, 1.54) is 0 Å². The van der Waals surface area contributed by atoms with Crippen LogP contribution in [0.2, 0.25) is 0 Å². The fraction of sp³-hybridized carbons (Fsp3) is 0.625. The van der Waals surface area contributed by atoms with Gasteiger partial charge in [-0.25, -0.2) is 0 Å². The minimum atomic E-state index is -0.785. The van der Waals surface area contributed by atoms with E-state index >= 15 is 0 Å². The second-order valence-corrected chi connectivity index (χ2v) is 3.09. The average molecular weight is 154 g/mol. The molecule has 0 aliphatic carbocycles. The Morgan fingerprint density at radius 3 is 2.64 bits per heavy atom. The highest BCUT2D eigenvalue weighted by atomic mass is 16.3. The Bertz CT molecular complexity index is 234. The van der Waals surface area contributed by atoms with Crippen LogP contribution in [0.3, 0.4) is 0 Å². The molecule has 0 fully saturated rings. The molecule has 1 aromatic rings. The molecule has 62 valence electrons. The molecular weight excluding hydrogens is 140 g/mol. The van der Waals surface area contributed by atoms with E-state index in [0.29, 0.717) is 0 Å². The lowest BCUT2D eigenvalue weighted by Gasteiger charge is -2.17. The van der Waals surface area contributed by atoms with Gasteiger partial charge in [0.25, 0.3) is 0 Å². The first kappa shape index (κ1) is 8.27. The van der Waals surface area contributed by atoms with Crippen LogP contribution >= 0.6 is 0 Å². The molecule has 3 nitrogen and oxygen atoms in total. The van der Waals surface area contributed by atoms with Gasteiger partial charge in [-0.15, -0.1) is 0 Å². The molecule has 0 saturated carbocycles. The van der Waals surface area contributed by atoms with Crippen LogP contribution in [0, 0.1) is 0 Å². The summed E-state index contributed by atoms with van der Waals surface area (Å²) in [6.07, 6.45) is 1.71. The molecule has 1 aromatic heterocycles. The van der Waals surface area contributed by atoms with Crippen molar-refractivity contribution < 1.29 is 5.11 Å². The fourth-order valence-electron chi connectivity index (χ4n) is 1.10. The molecule has 0 radical (unpaired) electrons. The summed E-state index contributed by atoms with van der Waals surface area (Å²) in [4.78, 5) is 0. The zero-order chi connectivity index (χ0) is 8.48. The Balaban J connectivity index is 3.02. The molecule has 0 atom stereocenters. The Kier molecular flexibility index (Phi) is 2.00. The van der Waals surface area contributed by atoms with Gasteiger partial charge in [0.2, 0.25) is 0 Å². The van der Waals surface area contributed by atoms with E-state index in [2.05, 4.69) is 5.10 Å². The third-order valence-corrected chi connectivity index (χ3v) is 1.64. The molecule has 0 amide bonds. The van der Waals surface area contributed by atoms with E-state index in [9.17, 15) is 5.11 Å². The van der Waals surface area contributed by atoms with E-state index in [4.69, 9.17) is 0 Å². The van der Waals surface area contributed by atoms with Crippen molar-refractivity contribution in [1.29, 1.82) is 0 Å². The average Bonchev–Trinajstić information content (AvgIpc) is 2.31.